The first-order chi connectivity index (χ1) is 25.6. The third-order valence-electron chi connectivity index (χ3n) is 12.7. The van der Waals surface area contributed by atoms with E-state index in [1.807, 2.05) is 0 Å². The Balaban J connectivity index is 1.25. The Bertz CT molecular complexity index is 2250. The van der Waals surface area contributed by atoms with E-state index in [1.54, 1.807) is 10.4 Å². The van der Waals surface area contributed by atoms with E-state index in [1.165, 1.54) is 89.0 Å². The summed E-state index contributed by atoms with van der Waals surface area (Å²) in [5.74, 6) is 0. The van der Waals surface area contributed by atoms with Gasteiger partial charge in [-0.25, -0.2) is 0 Å². The highest BCUT2D eigenvalue weighted by Gasteiger charge is 2.48. The summed E-state index contributed by atoms with van der Waals surface area (Å²) in [7, 11) is -2.18. The standard InChI is InChI=1S/C52H52Si/c1-33(2)53(34(3)4,43-29-41-21-15-23-47(49(41)31-43)45-27-25-35(5)51(37(45)7)39-17-11-9-12-18-39)44-30-42-22-16-24-48(50(42)32-44)46-28-26-36(6)52(38(46)8)40-19-13-10-14-20-40/h9-28,31-34H,29-30H2,1-8H3. The van der Waals surface area contributed by atoms with E-state index in [-0.39, 0.29) is 0 Å². The van der Waals surface area contributed by atoms with Crippen LogP contribution in [0.5, 0.6) is 0 Å². The third kappa shape index (κ3) is 5.72. The molecule has 8 rings (SSSR count). The molecule has 0 saturated carbocycles. The van der Waals surface area contributed by atoms with Crippen LogP contribution in [0.1, 0.15) is 72.2 Å². The number of hydrogen-bond donors (Lipinski definition) is 0. The first kappa shape index (κ1) is 35.1. The van der Waals surface area contributed by atoms with Crippen molar-refractivity contribution < 1.29 is 0 Å². The Morgan fingerprint density at radius 1 is 0.415 bits per heavy atom. The summed E-state index contributed by atoms with van der Waals surface area (Å²) in [6.45, 7) is 19.2. The number of hydrogen-bond acceptors (Lipinski definition) is 0. The molecule has 6 aromatic carbocycles. The average Bonchev–Trinajstić information content (AvgIpc) is 3.78. The number of aryl methyl sites for hydroxylation is 2. The van der Waals surface area contributed by atoms with Crippen molar-refractivity contribution in [2.24, 2.45) is 0 Å². The summed E-state index contributed by atoms with van der Waals surface area (Å²) < 4.78 is 0. The molecule has 0 heterocycles. The molecule has 0 aliphatic heterocycles. The highest BCUT2D eigenvalue weighted by molar-refractivity contribution is 6.96. The van der Waals surface area contributed by atoms with Gasteiger partial charge in [-0.2, -0.15) is 0 Å². The summed E-state index contributed by atoms with van der Waals surface area (Å²) in [6, 6.07) is 45.3. The zero-order valence-corrected chi connectivity index (χ0v) is 33.8. The van der Waals surface area contributed by atoms with E-state index >= 15 is 0 Å². The maximum Gasteiger partial charge on any atom is 0.114 e. The fourth-order valence-electron chi connectivity index (χ4n) is 10.5. The van der Waals surface area contributed by atoms with Crippen LogP contribution in [0.15, 0.2) is 132 Å². The van der Waals surface area contributed by atoms with E-state index in [4.69, 9.17) is 0 Å². The SMILES string of the molecule is Cc1ccc(-c2cccc3c2C=C([Si](C2=Cc4c(cccc4-c4ccc(C)c(-c5ccccc5)c4C)C2)(C(C)C)C(C)C)C3)c(C)c1-c1ccccc1. The van der Waals surface area contributed by atoms with Crippen LogP contribution in [0.4, 0.5) is 0 Å². The van der Waals surface area contributed by atoms with Crippen LogP contribution in [0.3, 0.4) is 0 Å². The van der Waals surface area contributed by atoms with Crippen LogP contribution in [-0.4, -0.2) is 8.07 Å². The van der Waals surface area contributed by atoms with Crippen molar-refractivity contribution in [3.8, 4) is 44.5 Å². The Kier molecular flexibility index (Phi) is 9.11. The Labute approximate surface area is 319 Å². The highest BCUT2D eigenvalue weighted by Crippen LogP contribution is 2.53. The molecular weight excluding hydrogens is 653 g/mol. The van der Waals surface area contributed by atoms with Gasteiger partial charge in [0.15, 0.2) is 0 Å². The van der Waals surface area contributed by atoms with Crippen molar-refractivity contribution in [1.29, 1.82) is 0 Å². The molecule has 1 heteroatoms. The lowest BCUT2D eigenvalue weighted by atomic mass is 9.87. The molecule has 0 N–H and O–H groups in total. The molecule has 2 aliphatic carbocycles. The van der Waals surface area contributed by atoms with Crippen molar-refractivity contribution in [1.82, 2.24) is 0 Å². The Morgan fingerprint density at radius 2 is 0.811 bits per heavy atom. The molecule has 0 nitrogen and oxygen atoms in total. The lowest BCUT2D eigenvalue weighted by molar-refractivity contribution is 0.896. The molecule has 6 aromatic rings. The predicted octanol–water partition coefficient (Wildman–Crippen LogP) is 14.5. The van der Waals surface area contributed by atoms with Crippen molar-refractivity contribution in [3.63, 3.8) is 0 Å². The number of allylic oxidation sites excluding steroid dienone is 2. The topological polar surface area (TPSA) is 0 Å². The second-order valence-electron chi connectivity index (χ2n) is 16.2. The smallest absolute Gasteiger partial charge is 0.0704 e. The average molecular weight is 705 g/mol. The van der Waals surface area contributed by atoms with Gasteiger partial charge in [0, 0.05) is 0 Å². The third-order valence-corrected chi connectivity index (χ3v) is 19.1. The first-order valence-electron chi connectivity index (χ1n) is 19.6. The van der Waals surface area contributed by atoms with Gasteiger partial charge in [0.1, 0.15) is 8.07 Å². The van der Waals surface area contributed by atoms with Crippen molar-refractivity contribution >= 4 is 20.2 Å². The molecular formula is C52H52Si. The highest BCUT2D eigenvalue weighted by atomic mass is 28.3. The molecule has 0 saturated heterocycles. The number of benzene rings is 6. The minimum Gasteiger partial charge on any atom is -0.0704 e. The molecule has 0 fully saturated rings. The van der Waals surface area contributed by atoms with Gasteiger partial charge < -0.3 is 0 Å². The fourth-order valence-corrected chi connectivity index (χ4v) is 16.9. The van der Waals surface area contributed by atoms with Gasteiger partial charge >= 0.3 is 0 Å². The lowest BCUT2D eigenvalue weighted by Crippen LogP contribution is -2.46. The largest absolute Gasteiger partial charge is 0.114 e. The first-order valence-corrected chi connectivity index (χ1v) is 21.7. The Hall–Kier alpha value is -4.98. The van der Waals surface area contributed by atoms with Gasteiger partial charge in [0.2, 0.25) is 0 Å². The molecule has 0 aromatic heterocycles. The van der Waals surface area contributed by atoms with Gasteiger partial charge in [-0.1, -0.05) is 172 Å². The molecule has 53 heavy (non-hydrogen) atoms. The van der Waals surface area contributed by atoms with E-state index in [2.05, 4.69) is 189 Å². The zero-order valence-electron chi connectivity index (χ0n) is 32.8. The van der Waals surface area contributed by atoms with Crippen molar-refractivity contribution in [2.45, 2.75) is 79.3 Å². The maximum absolute atomic E-state index is 2.67. The van der Waals surface area contributed by atoms with E-state index < -0.39 is 8.07 Å². The minimum absolute atomic E-state index is 0.576. The van der Waals surface area contributed by atoms with E-state index in [0.29, 0.717) is 11.1 Å². The van der Waals surface area contributed by atoms with Gasteiger partial charge in [-0.15, -0.1) is 0 Å². The monoisotopic (exact) mass is 704 g/mol. The minimum atomic E-state index is -2.18. The summed E-state index contributed by atoms with van der Waals surface area (Å²) in [6.07, 6.45) is 7.44. The zero-order chi connectivity index (χ0) is 37.0. The molecule has 0 spiro atoms. The maximum atomic E-state index is 2.67. The van der Waals surface area contributed by atoms with Crippen LogP contribution >= 0.6 is 0 Å². The summed E-state index contributed by atoms with van der Waals surface area (Å²) in [4.78, 5) is 0. The van der Waals surface area contributed by atoms with Crippen LogP contribution in [0, 0.1) is 27.7 Å². The number of rotatable bonds is 8. The molecule has 2 aliphatic rings. The molecule has 0 radical (unpaired) electrons. The van der Waals surface area contributed by atoms with E-state index in [9.17, 15) is 0 Å². The molecule has 264 valence electrons. The second kappa shape index (κ2) is 13.8. The van der Waals surface area contributed by atoms with Gasteiger partial charge in [-0.3, -0.25) is 0 Å². The lowest BCUT2D eigenvalue weighted by Gasteiger charge is -2.42. The molecule has 0 bridgehead atoms. The molecule has 0 atom stereocenters. The summed E-state index contributed by atoms with van der Waals surface area (Å²) in [5.41, 5.74) is 23.2. The van der Waals surface area contributed by atoms with E-state index in [0.717, 1.165) is 12.8 Å². The molecule has 0 amide bonds. The normalized spacial score (nSPS) is 13.7. The van der Waals surface area contributed by atoms with Gasteiger partial charge in [0.25, 0.3) is 0 Å². The van der Waals surface area contributed by atoms with Crippen LogP contribution < -0.4 is 0 Å². The summed E-state index contributed by atoms with van der Waals surface area (Å²) >= 11 is 0. The fraction of sp³-hybridized carbons (Fsp3) is 0.231. The molecule has 0 unspecified atom stereocenters. The Morgan fingerprint density at radius 3 is 1.19 bits per heavy atom. The summed E-state index contributed by atoms with van der Waals surface area (Å²) in [5, 5.41) is 3.41. The quantitative estimate of drug-likeness (QED) is 0.138. The van der Waals surface area contributed by atoms with Crippen LogP contribution in [-0.2, 0) is 12.8 Å². The second-order valence-corrected chi connectivity index (χ2v) is 21.6. The van der Waals surface area contributed by atoms with Crippen LogP contribution in [0.2, 0.25) is 11.1 Å². The predicted molar refractivity (Wildman–Crippen MR) is 233 cm³/mol. The number of fused-ring (bicyclic) bond motifs is 2. The van der Waals surface area contributed by atoms with Crippen LogP contribution in [0.25, 0.3) is 56.7 Å². The van der Waals surface area contributed by atoms with Crippen molar-refractivity contribution in [3.05, 3.63) is 176 Å². The van der Waals surface area contributed by atoms with Gasteiger partial charge in [0.05, 0.1) is 0 Å². The van der Waals surface area contributed by atoms with Gasteiger partial charge in [-0.05, 0) is 141 Å². The van der Waals surface area contributed by atoms with Crippen molar-refractivity contribution in [2.75, 3.05) is 0 Å².